The van der Waals surface area contributed by atoms with Gasteiger partial charge in [0, 0.05) is 77.9 Å². The molecule has 4 heterocycles. The standard InChI is InChI=1S/C34H28N2O2S2/c1-3-25(35-5-9-37-10-6-35)13-23-17-31-27(15-21(1)23)29-19-34-30(20-33(29)39-31)28-16-22-2-4-26(36-7-11-38-12-8-36)14-24(22)18-32(28)40-34/h1-4,13-20H,5-12H2. The first-order valence-corrected chi connectivity index (χ1v) is 15.8. The molecule has 0 radical (unpaired) electrons. The lowest BCUT2D eigenvalue weighted by Crippen LogP contribution is -2.36. The van der Waals surface area contributed by atoms with Crippen molar-refractivity contribution in [1.82, 2.24) is 0 Å². The van der Waals surface area contributed by atoms with Gasteiger partial charge in [-0.2, -0.15) is 0 Å². The van der Waals surface area contributed by atoms with Gasteiger partial charge in [0.25, 0.3) is 0 Å². The minimum atomic E-state index is 0.810. The maximum Gasteiger partial charge on any atom is 0.0642 e. The molecule has 198 valence electrons. The van der Waals surface area contributed by atoms with Gasteiger partial charge in [-0.1, -0.05) is 12.1 Å². The number of morpholine rings is 2. The third kappa shape index (κ3) is 3.71. The zero-order valence-electron chi connectivity index (χ0n) is 22.1. The van der Waals surface area contributed by atoms with Gasteiger partial charge in [0.1, 0.15) is 0 Å². The summed E-state index contributed by atoms with van der Waals surface area (Å²) < 4.78 is 16.6. The van der Waals surface area contributed by atoms with Crippen molar-refractivity contribution in [3.05, 3.63) is 72.8 Å². The molecular weight excluding hydrogens is 533 g/mol. The zero-order chi connectivity index (χ0) is 26.2. The van der Waals surface area contributed by atoms with Crippen LogP contribution in [0.1, 0.15) is 0 Å². The number of nitrogens with zero attached hydrogens (tertiary/aromatic N) is 2. The number of rotatable bonds is 2. The van der Waals surface area contributed by atoms with E-state index < -0.39 is 0 Å². The molecule has 4 nitrogen and oxygen atoms in total. The van der Waals surface area contributed by atoms with Crippen LogP contribution in [0.3, 0.4) is 0 Å². The van der Waals surface area contributed by atoms with Crippen LogP contribution in [-0.2, 0) is 9.47 Å². The predicted molar refractivity (Wildman–Crippen MR) is 173 cm³/mol. The molecule has 0 unspecified atom stereocenters. The summed E-state index contributed by atoms with van der Waals surface area (Å²) in [5.41, 5.74) is 2.60. The lowest BCUT2D eigenvalue weighted by molar-refractivity contribution is 0.122. The Kier molecular flexibility index (Phi) is 5.27. The van der Waals surface area contributed by atoms with Crippen molar-refractivity contribution in [2.75, 3.05) is 62.4 Å². The summed E-state index contributed by atoms with van der Waals surface area (Å²) in [6, 6.07) is 28.3. The van der Waals surface area contributed by atoms with Gasteiger partial charge in [-0.25, -0.2) is 0 Å². The minimum absolute atomic E-state index is 0.810. The van der Waals surface area contributed by atoms with E-state index in [1.807, 2.05) is 22.7 Å². The first kappa shape index (κ1) is 23.3. The summed E-state index contributed by atoms with van der Waals surface area (Å²) >= 11 is 3.84. The highest BCUT2D eigenvalue weighted by Crippen LogP contribution is 2.44. The van der Waals surface area contributed by atoms with Gasteiger partial charge in [-0.3, -0.25) is 0 Å². The van der Waals surface area contributed by atoms with Crippen LogP contribution in [0.2, 0.25) is 0 Å². The Bertz CT molecular complexity index is 1950. The van der Waals surface area contributed by atoms with E-state index in [9.17, 15) is 0 Å². The molecule has 0 atom stereocenters. The average molecular weight is 561 g/mol. The fraction of sp³-hybridized carbons (Fsp3) is 0.235. The lowest BCUT2D eigenvalue weighted by Gasteiger charge is -2.29. The smallest absolute Gasteiger partial charge is 0.0642 e. The van der Waals surface area contributed by atoms with E-state index in [1.165, 1.54) is 73.3 Å². The number of thiophene rings is 2. The molecule has 0 saturated carbocycles. The van der Waals surface area contributed by atoms with E-state index >= 15 is 0 Å². The molecule has 2 fully saturated rings. The van der Waals surface area contributed by atoms with Crippen LogP contribution in [0.5, 0.6) is 0 Å². The maximum atomic E-state index is 5.56. The quantitative estimate of drug-likeness (QED) is 0.212. The van der Waals surface area contributed by atoms with Crippen LogP contribution in [0, 0.1) is 0 Å². The summed E-state index contributed by atoms with van der Waals surface area (Å²) in [6.07, 6.45) is 0. The molecule has 5 aromatic carbocycles. The third-order valence-corrected chi connectivity index (χ3v) is 10.9. The van der Waals surface area contributed by atoms with E-state index in [-0.39, 0.29) is 0 Å². The van der Waals surface area contributed by atoms with E-state index in [0.29, 0.717) is 0 Å². The average Bonchev–Trinajstić information content (AvgIpc) is 3.53. The minimum Gasteiger partial charge on any atom is -0.378 e. The SMILES string of the molecule is c1cc2cc3c(cc2cc1N1CCOCC1)sc1cc2c(cc13)sc1cc3cc(N4CCOCC4)ccc3cc12. The molecule has 0 N–H and O–H groups in total. The molecule has 0 spiro atoms. The van der Waals surface area contributed by atoms with Gasteiger partial charge >= 0.3 is 0 Å². The second-order valence-corrected chi connectivity index (χ2v) is 13.2. The maximum absolute atomic E-state index is 5.56. The first-order valence-electron chi connectivity index (χ1n) is 14.1. The van der Waals surface area contributed by atoms with Crippen LogP contribution in [0.15, 0.2) is 72.8 Å². The van der Waals surface area contributed by atoms with E-state index in [2.05, 4.69) is 82.6 Å². The van der Waals surface area contributed by atoms with E-state index in [1.54, 1.807) is 0 Å². The lowest BCUT2D eigenvalue weighted by atomic mass is 10.0. The molecular formula is C34H28N2O2S2. The Labute approximate surface area is 239 Å². The highest BCUT2D eigenvalue weighted by atomic mass is 32.1. The molecule has 7 aromatic rings. The van der Waals surface area contributed by atoms with Gasteiger partial charge in [0.15, 0.2) is 0 Å². The van der Waals surface area contributed by atoms with Crippen LogP contribution < -0.4 is 9.80 Å². The molecule has 2 aliphatic rings. The summed E-state index contributed by atoms with van der Waals surface area (Å²) in [7, 11) is 0. The molecule has 0 bridgehead atoms. The zero-order valence-corrected chi connectivity index (χ0v) is 23.7. The number of hydrogen-bond donors (Lipinski definition) is 0. The normalized spacial score (nSPS) is 16.9. The Hall–Kier alpha value is -3.42. The Morgan fingerprint density at radius 1 is 0.425 bits per heavy atom. The highest BCUT2D eigenvalue weighted by Gasteiger charge is 2.16. The van der Waals surface area contributed by atoms with E-state index in [0.717, 1.165) is 52.6 Å². The van der Waals surface area contributed by atoms with Crippen molar-refractivity contribution in [1.29, 1.82) is 0 Å². The highest BCUT2D eigenvalue weighted by molar-refractivity contribution is 7.27. The fourth-order valence-electron chi connectivity index (χ4n) is 6.54. The van der Waals surface area contributed by atoms with Crippen molar-refractivity contribution in [2.24, 2.45) is 0 Å². The molecule has 2 aromatic heterocycles. The number of anilines is 2. The Balaban J connectivity index is 1.16. The second kappa shape index (κ2) is 9.05. The molecule has 9 rings (SSSR count). The van der Waals surface area contributed by atoms with Gasteiger partial charge in [0.05, 0.1) is 26.4 Å². The predicted octanol–water partition coefficient (Wildman–Crippen LogP) is 8.40. The van der Waals surface area contributed by atoms with Crippen molar-refractivity contribution in [3.63, 3.8) is 0 Å². The Morgan fingerprint density at radius 2 is 0.825 bits per heavy atom. The third-order valence-electron chi connectivity index (χ3n) is 8.70. The van der Waals surface area contributed by atoms with Crippen LogP contribution in [0.4, 0.5) is 11.4 Å². The Morgan fingerprint density at radius 3 is 1.27 bits per heavy atom. The number of fused-ring (bicyclic) bond motifs is 8. The van der Waals surface area contributed by atoms with Crippen molar-refractivity contribution in [3.8, 4) is 0 Å². The molecule has 40 heavy (non-hydrogen) atoms. The number of benzene rings is 5. The monoisotopic (exact) mass is 560 g/mol. The molecule has 2 aliphatic heterocycles. The van der Waals surface area contributed by atoms with Gasteiger partial charge < -0.3 is 19.3 Å². The molecule has 2 saturated heterocycles. The van der Waals surface area contributed by atoms with Crippen molar-refractivity contribution in [2.45, 2.75) is 0 Å². The largest absolute Gasteiger partial charge is 0.378 e. The molecule has 6 heteroatoms. The summed E-state index contributed by atoms with van der Waals surface area (Å²) in [5.74, 6) is 0. The molecule has 0 aliphatic carbocycles. The van der Waals surface area contributed by atoms with Crippen LogP contribution in [0.25, 0.3) is 61.9 Å². The number of ether oxygens (including phenoxy) is 2. The van der Waals surface area contributed by atoms with Crippen molar-refractivity contribution < 1.29 is 9.47 Å². The van der Waals surface area contributed by atoms with Crippen LogP contribution >= 0.6 is 22.7 Å². The topological polar surface area (TPSA) is 24.9 Å². The van der Waals surface area contributed by atoms with Gasteiger partial charge in [-0.15, -0.1) is 22.7 Å². The first-order chi connectivity index (χ1) is 19.8. The summed E-state index contributed by atoms with van der Waals surface area (Å²) in [6.45, 7) is 7.10. The second-order valence-electron chi connectivity index (χ2n) is 11.0. The summed E-state index contributed by atoms with van der Waals surface area (Å²) in [4.78, 5) is 4.87. The van der Waals surface area contributed by atoms with E-state index in [4.69, 9.17) is 9.47 Å². The van der Waals surface area contributed by atoms with Crippen LogP contribution in [-0.4, -0.2) is 52.6 Å². The fourth-order valence-corrected chi connectivity index (χ4v) is 8.86. The van der Waals surface area contributed by atoms with Gasteiger partial charge in [0.2, 0.25) is 0 Å². The number of hydrogen-bond acceptors (Lipinski definition) is 6. The molecule has 0 amide bonds. The van der Waals surface area contributed by atoms with Gasteiger partial charge in [-0.05, 0) is 82.2 Å². The van der Waals surface area contributed by atoms with Crippen molar-refractivity contribution >= 4 is 95.9 Å². The summed E-state index contributed by atoms with van der Waals surface area (Å²) in [5, 5.41) is 10.7.